The summed E-state index contributed by atoms with van der Waals surface area (Å²) in [5.74, 6) is -0.0739. The standard InChI is InChI=1S/C12H14N4O2S/c1-2-8-3-6-19-9(8)10-13-14-15-16(10)7-12(4-5-12)11(17)18/h3,6H,2,4-5,7H2,1H3,(H,17,18). The number of carbonyl (C=O) groups is 1. The number of aryl methyl sites for hydroxylation is 1. The summed E-state index contributed by atoms with van der Waals surface area (Å²) < 4.78 is 1.63. The Balaban J connectivity index is 1.93. The van der Waals surface area contributed by atoms with Crippen LogP contribution in [0.5, 0.6) is 0 Å². The van der Waals surface area contributed by atoms with E-state index in [0.717, 1.165) is 11.3 Å². The summed E-state index contributed by atoms with van der Waals surface area (Å²) in [6, 6.07) is 2.06. The van der Waals surface area contributed by atoms with Gasteiger partial charge in [-0.25, -0.2) is 4.68 Å². The van der Waals surface area contributed by atoms with Crippen LogP contribution in [0.3, 0.4) is 0 Å². The largest absolute Gasteiger partial charge is 0.481 e. The Morgan fingerprint density at radius 2 is 2.37 bits per heavy atom. The zero-order valence-corrected chi connectivity index (χ0v) is 11.4. The lowest BCUT2D eigenvalue weighted by atomic mass is 10.1. The van der Waals surface area contributed by atoms with Crippen LogP contribution in [0.15, 0.2) is 11.4 Å². The molecular weight excluding hydrogens is 264 g/mol. The molecule has 2 heterocycles. The average molecular weight is 278 g/mol. The molecule has 3 rings (SSSR count). The number of hydrogen-bond acceptors (Lipinski definition) is 5. The van der Waals surface area contributed by atoms with Crippen molar-refractivity contribution >= 4 is 17.3 Å². The van der Waals surface area contributed by atoms with Crippen molar-refractivity contribution in [3.8, 4) is 10.7 Å². The van der Waals surface area contributed by atoms with Crippen LogP contribution in [0.1, 0.15) is 25.3 Å². The van der Waals surface area contributed by atoms with Gasteiger partial charge in [0.1, 0.15) is 0 Å². The number of carboxylic acids is 1. The molecule has 7 heteroatoms. The van der Waals surface area contributed by atoms with E-state index in [-0.39, 0.29) is 0 Å². The van der Waals surface area contributed by atoms with Crippen molar-refractivity contribution in [1.82, 2.24) is 20.2 Å². The number of rotatable bonds is 5. The summed E-state index contributed by atoms with van der Waals surface area (Å²) in [7, 11) is 0. The molecule has 0 radical (unpaired) electrons. The second-order valence-corrected chi connectivity index (χ2v) is 5.79. The molecular formula is C12H14N4O2S. The van der Waals surface area contributed by atoms with E-state index in [4.69, 9.17) is 0 Å². The molecule has 1 N–H and O–H groups in total. The first-order valence-corrected chi connectivity index (χ1v) is 7.10. The van der Waals surface area contributed by atoms with Gasteiger partial charge in [-0.3, -0.25) is 4.79 Å². The van der Waals surface area contributed by atoms with Gasteiger partial charge in [0.2, 0.25) is 0 Å². The highest BCUT2D eigenvalue weighted by atomic mass is 32.1. The molecule has 100 valence electrons. The molecule has 1 fully saturated rings. The van der Waals surface area contributed by atoms with E-state index in [2.05, 4.69) is 28.5 Å². The first-order valence-electron chi connectivity index (χ1n) is 6.22. The van der Waals surface area contributed by atoms with E-state index < -0.39 is 11.4 Å². The zero-order valence-electron chi connectivity index (χ0n) is 10.5. The van der Waals surface area contributed by atoms with Crippen LogP contribution in [0.2, 0.25) is 0 Å². The molecule has 0 spiro atoms. The predicted octanol–water partition coefficient (Wildman–Crippen LogP) is 1.83. The van der Waals surface area contributed by atoms with Gasteiger partial charge in [-0.05, 0) is 46.7 Å². The molecule has 0 atom stereocenters. The van der Waals surface area contributed by atoms with E-state index in [9.17, 15) is 9.90 Å². The molecule has 2 aromatic heterocycles. The minimum absolute atomic E-state index is 0.353. The summed E-state index contributed by atoms with van der Waals surface area (Å²) in [5, 5.41) is 23.0. The third-order valence-corrected chi connectivity index (χ3v) is 4.57. The highest BCUT2D eigenvalue weighted by molar-refractivity contribution is 7.13. The Bertz CT molecular complexity index is 615. The monoisotopic (exact) mass is 278 g/mol. The summed E-state index contributed by atoms with van der Waals surface area (Å²) in [4.78, 5) is 12.3. The van der Waals surface area contributed by atoms with E-state index in [0.29, 0.717) is 25.2 Å². The van der Waals surface area contributed by atoms with E-state index in [1.807, 2.05) is 5.38 Å². The quantitative estimate of drug-likeness (QED) is 0.902. The van der Waals surface area contributed by atoms with Crippen LogP contribution in [-0.4, -0.2) is 31.3 Å². The molecule has 2 aromatic rings. The van der Waals surface area contributed by atoms with Crippen LogP contribution in [0, 0.1) is 5.41 Å². The van der Waals surface area contributed by atoms with Crippen molar-refractivity contribution in [3.63, 3.8) is 0 Å². The normalized spacial score (nSPS) is 16.5. The van der Waals surface area contributed by atoms with Crippen molar-refractivity contribution < 1.29 is 9.90 Å². The third-order valence-electron chi connectivity index (χ3n) is 3.62. The number of aromatic nitrogens is 4. The number of nitrogens with zero attached hydrogens (tertiary/aromatic N) is 4. The molecule has 0 aliphatic heterocycles. The molecule has 1 aliphatic rings. The molecule has 0 amide bonds. The Labute approximate surface area is 114 Å². The SMILES string of the molecule is CCc1ccsc1-c1nnnn1CC1(C(=O)O)CC1. The minimum Gasteiger partial charge on any atom is -0.481 e. The van der Waals surface area contributed by atoms with Crippen LogP contribution in [0.25, 0.3) is 10.7 Å². The van der Waals surface area contributed by atoms with Gasteiger partial charge in [-0.1, -0.05) is 6.92 Å². The van der Waals surface area contributed by atoms with Gasteiger partial charge in [0.05, 0.1) is 16.8 Å². The van der Waals surface area contributed by atoms with Gasteiger partial charge < -0.3 is 5.11 Å². The Hall–Kier alpha value is -1.76. The fourth-order valence-corrected chi connectivity index (χ4v) is 3.14. The number of aliphatic carboxylic acids is 1. The predicted molar refractivity (Wildman–Crippen MR) is 69.8 cm³/mol. The van der Waals surface area contributed by atoms with Crippen LogP contribution in [0.4, 0.5) is 0 Å². The number of tetrazole rings is 1. The highest BCUT2D eigenvalue weighted by Gasteiger charge is 2.51. The topological polar surface area (TPSA) is 80.9 Å². The summed E-state index contributed by atoms with van der Waals surface area (Å²) in [5.41, 5.74) is 0.537. The fourth-order valence-electron chi connectivity index (χ4n) is 2.16. The number of carboxylic acid groups (broad SMARTS) is 1. The molecule has 6 nitrogen and oxygen atoms in total. The van der Waals surface area contributed by atoms with Crippen molar-refractivity contribution in [2.24, 2.45) is 5.41 Å². The lowest BCUT2D eigenvalue weighted by Crippen LogP contribution is -2.22. The van der Waals surface area contributed by atoms with E-state index in [1.54, 1.807) is 16.0 Å². The molecule has 0 unspecified atom stereocenters. The van der Waals surface area contributed by atoms with Crippen molar-refractivity contribution in [1.29, 1.82) is 0 Å². The number of hydrogen-bond donors (Lipinski definition) is 1. The average Bonchev–Trinajstić information content (AvgIpc) is 2.84. The molecule has 1 saturated carbocycles. The zero-order chi connectivity index (χ0) is 13.5. The van der Waals surface area contributed by atoms with Crippen LogP contribution >= 0.6 is 11.3 Å². The first kappa shape index (κ1) is 12.3. The van der Waals surface area contributed by atoms with E-state index in [1.165, 1.54) is 5.56 Å². The van der Waals surface area contributed by atoms with Gasteiger partial charge >= 0.3 is 5.97 Å². The van der Waals surface area contributed by atoms with Crippen LogP contribution < -0.4 is 0 Å². The second-order valence-electron chi connectivity index (χ2n) is 4.87. The Morgan fingerprint density at radius 3 is 3.00 bits per heavy atom. The maximum atomic E-state index is 11.3. The summed E-state index contributed by atoms with van der Waals surface area (Å²) in [6.45, 7) is 2.44. The van der Waals surface area contributed by atoms with Crippen molar-refractivity contribution in [2.45, 2.75) is 32.7 Å². The molecule has 0 saturated heterocycles. The lowest BCUT2D eigenvalue weighted by Gasteiger charge is -2.10. The van der Waals surface area contributed by atoms with Crippen molar-refractivity contribution in [3.05, 3.63) is 17.0 Å². The molecule has 0 aromatic carbocycles. The van der Waals surface area contributed by atoms with Gasteiger partial charge in [-0.2, -0.15) is 0 Å². The summed E-state index contributed by atoms with van der Waals surface area (Å²) in [6.07, 6.45) is 2.31. The van der Waals surface area contributed by atoms with Gasteiger partial charge in [0.25, 0.3) is 0 Å². The fraction of sp³-hybridized carbons (Fsp3) is 0.500. The Kier molecular flexibility index (Phi) is 2.85. The lowest BCUT2D eigenvalue weighted by molar-refractivity contribution is -0.144. The van der Waals surface area contributed by atoms with Crippen molar-refractivity contribution in [2.75, 3.05) is 0 Å². The molecule has 0 bridgehead atoms. The van der Waals surface area contributed by atoms with Gasteiger partial charge in [0.15, 0.2) is 5.82 Å². The van der Waals surface area contributed by atoms with Gasteiger partial charge in [-0.15, -0.1) is 16.4 Å². The maximum Gasteiger partial charge on any atom is 0.311 e. The maximum absolute atomic E-state index is 11.3. The smallest absolute Gasteiger partial charge is 0.311 e. The second kappa shape index (κ2) is 4.41. The first-order chi connectivity index (χ1) is 9.16. The highest BCUT2D eigenvalue weighted by Crippen LogP contribution is 2.47. The third kappa shape index (κ3) is 2.03. The minimum atomic E-state index is -0.754. The Morgan fingerprint density at radius 1 is 1.58 bits per heavy atom. The summed E-state index contributed by atoms with van der Waals surface area (Å²) >= 11 is 1.59. The number of thiophene rings is 1. The molecule has 1 aliphatic carbocycles. The van der Waals surface area contributed by atoms with Crippen LogP contribution in [-0.2, 0) is 17.8 Å². The molecule has 19 heavy (non-hydrogen) atoms. The van der Waals surface area contributed by atoms with Gasteiger partial charge in [0, 0.05) is 0 Å². The van der Waals surface area contributed by atoms with E-state index >= 15 is 0 Å².